The van der Waals surface area contributed by atoms with Gasteiger partial charge in [0.05, 0.1) is 6.61 Å². The molecule has 2 amide bonds. The highest BCUT2D eigenvalue weighted by molar-refractivity contribution is 7.11. The zero-order valence-electron chi connectivity index (χ0n) is 14.6. The molecule has 0 unspecified atom stereocenters. The molecule has 0 aliphatic carbocycles. The number of nitrogens with zero attached hydrogens (tertiary/aromatic N) is 2. The van der Waals surface area contributed by atoms with Gasteiger partial charge in [-0.25, -0.2) is 9.59 Å². The predicted octanol–water partition coefficient (Wildman–Crippen LogP) is 4.06. The van der Waals surface area contributed by atoms with Gasteiger partial charge in [0.15, 0.2) is 5.56 Å². The normalized spacial score (nSPS) is 10.5. The Labute approximate surface area is 147 Å². The van der Waals surface area contributed by atoms with Gasteiger partial charge in [-0.05, 0) is 18.0 Å². The van der Waals surface area contributed by atoms with Crippen LogP contribution in [0.5, 0.6) is 5.88 Å². The zero-order chi connectivity index (χ0) is 17.9. The Bertz CT molecular complexity index is 531. The van der Waals surface area contributed by atoms with Crippen molar-refractivity contribution in [2.45, 2.75) is 51.9 Å². The summed E-state index contributed by atoms with van der Waals surface area (Å²) in [6, 6.07) is -0.403. The Morgan fingerprint density at radius 1 is 1.17 bits per heavy atom. The number of aromatic nitrogens is 1. The summed E-state index contributed by atoms with van der Waals surface area (Å²) < 4.78 is 9.52. The summed E-state index contributed by atoms with van der Waals surface area (Å²) in [5.41, 5.74) is -0.0851. The van der Waals surface area contributed by atoms with Gasteiger partial charge in [0.2, 0.25) is 5.88 Å². The molecule has 0 aliphatic heterocycles. The van der Waals surface area contributed by atoms with Gasteiger partial charge in [0, 0.05) is 14.1 Å². The molecule has 0 aromatic carbocycles. The third-order valence-corrected chi connectivity index (χ3v) is 4.23. The summed E-state index contributed by atoms with van der Waals surface area (Å²) >= 11 is 0.913. The van der Waals surface area contributed by atoms with Crippen molar-refractivity contribution in [3.63, 3.8) is 0 Å². The van der Waals surface area contributed by atoms with Crippen LogP contribution in [0.2, 0.25) is 0 Å². The predicted molar refractivity (Wildman–Crippen MR) is 95.3 cm³/mol. The molecule has 0 fully saturated rings. The maximum absolute atomic E-state index is 11.7. The molecule has 0 saturated carbocycles. The number of anilines is 1. The Hall–Kier alpha value is -1.83. The maximum Gasteiger partial charge on any atom is 0.344 e. The van der Waals surface area contributed by atoms with Crippen molar-refractivity contribution in [1.82, 2.24) is 9.27 Å². The number of nitrogens with one attached hydrogen (secondary N) is 1. The second-order valence-corrected chi connectivity index (χ2v) is 6.56. The van der Waals surface area contributed by atoms with E-state index in [1.807, 2.05) is 0 Å². The Balaban J connectivity index is 2.46. The fourth-order valence-electron chi connectivity index (χ4n) is 2.08. The van der Waals surface area contributed by atoms with Crippen LogP contribution < -0.4 is 10.1 Å². The van der Waals surface area contributed by atoms with E-state index in [1.165, 1.54) is 30.6 Å². The van der Waals surface area contributed by atoms with Gasteiger partial charge < -0.3 is 14.7 Å². The van der Waals surface area contributed by atoms with Crippen molar-refractivity contribution in [3.05, 3.63) is 5.56 Å². The molecule has 136 valence electrons. The van der Waals surface area contributed by atoms with E-state index in [1.54, 1.807) is 14.1 Å². The number of carboxylic acids is 1. The number of urea groups is 1. The van der Waals surface area contributed by atoms with Gasteiger partial charge in [0.25, 0.3) is 0 Å². The molecule has 0 radical (unpaired) electrons. The van der Waals surface area contributed by atoms with Crippen molar-refractivity contribution in [3.8, 4) is 5.88 Å². The second kappa shape index (κ2) is 10.9. The molecule has 1 aromatic heterocycles. The minimum absolute atomic E-state index is 0.0764. The number of hydrogen-bond donors (Lipinski definition) is 2. The third kappa shape index (κ3) is 6.74. The molecule has 1 aromatic rings. The van der Waals surface area contributed by atoms with Crippen molar-refractivity contribution >= 4 is 28.5 Å². The molecule has 1 rings (SSSR count). The molecular formula is C16H27N3O4S. The summed E-state index contributed by atoms with van der Waals surface area (Å²) in [7, 11) is 3.16. The van der Waals surface area contributed by atoms with Gasteiger partial charge in [-0.2, -0.15) is 4.37 Å². The van der Waals surface area contributed by atoms with E-state index in [4.69, 9.17) is 4.74 Å². The van der Waals surface area contributed by atoms with Crippen LogP contribution in [-0.4, -0.2) is 47.1 Å². The monoisotopic (exact) mass is 357 g/mol. The summed E-state index contributed by atoms with van der Waals surface area (Å²) in [5.74, 6) is -1.08. The van der Waals surface area contributed by atoms with Crippen molar-refractivity contribution in [2.24, 2.45) is 0 Å². The summed E-state index contributed by atoms with van der Waals surface area (Å²) in [6.45, 7) is 2.62. The molecule has 24 heavy (non-hydrogen) atoms. The molecular weight excluding hydrogens is 330 g/mol. The molecule has 2 N–H and O–H groups in total. The fourth-order valence-corrected chi connectivity index (χ4v) is 2.80. The molecule has 7 nitrogen and oxygen atoms in total. The smallest absolute Gasteiger partial charge is 0.344 e. The Morgan fingerprint density at radius 2 is 1.79 bits per heavy atom. The highest BCUT2D eigenvalue weighted by Gasteiger charge is 2.23. The van der Waals surface area contributed by atoms with Gasteiger partial charge in [-0.1, -0.05) is 45.4 Å². The van der Waals surface area contributed by atoms with E-state index in [-0.39, 0.29) is 16.4 Å². The van der Waals surface area contributed by atoms with Crippen LogP contribution >= 0.6 is 11.5 Å². The molecule has 8 heteroatoms. The topological polar surface area (TPSA) is 91.8 Å². The zero-order valence-corrected chi connectivity index (χ0v) is 15.4. The summed E-state index contributed by atoms with van der Waals surface area (Å²) in [4.78, 5) is 24.4. The van der Waals surface area contributed by atoms with E-state index in [2.05, 4.69) is 16.6 Å². The summed E-state index contributed by atoms with van der Waals surface area (Å²) in [6.07, 6.45) is 8.09. The van der Waals surface area contributed by atoms with Crippen LogP contribution in [0.4, 0.5) is 9.80 Å². The van der Waals surface area contributed by atoms with E-state index in [0.29, 0.717) is 6.61 Å². The Morgan fingerprint density at radius 3 is 2.38 bits per heavy atom. The lowest BCUT2D eigenvalue weighted by atomic mass is 10.1. The number of hydrogen-bond acceptors (Lipinski definition) is 5. The van der Waals surface area contributed by atoms with Crippen molar-refractivity contribution < 1.29 is 19.4 Å². The largest absolute Gasteiger partial charge is 0.477 e. The van der Waals surface area contributed by atoms with Crippen molar-refractivity contribution in [1.29, 1.82) is 0 Å². The van der Waals surface area contributed by atoms with Crippen molar-refractivity contribution in [2.75, 3.05) is 26.0 Å². The van der Waals surface area contributed by atoms with Crippen LogP contribution in [0.15, 0.2) is 0 Å². The second-order valence-electron chi connectivity index (χ2n) is 5.79. The number of amides is 2. The molecule has 0 aliphatic rings. The van der Waals surface area contributed by atoms with Crippen LogP contribution in [0.1, 0.15) is 62.2 Å². The fraction of sp³-hybridized carbons (Fsp3) is 0.688. The number of rotatable bonds is 11. The first-order valence-electron chi connectivity index (χ1n) is 8.31. The first kappa shape index (κ1) is 20.2. The van der Waals surface area contributed by atoms with Crippen LogP contribution in [0.25, 0.3) is 0 Å². The molecule has 0 saturated heterocycles. The lowest BCUT2D eigenvalue weighted by Gasteiger charge is -2.10. The maximum atomic E-state index is 11.7. The molecule has 0 atom stereocenters. The summed E-state index contributed by atoms with van der Waals surface area (Å²) in [5, 5.41) is 12.0. The first-order chi connectivity index (χ1) is 11.5. The number of carboxylic acid groups (broad SMARTS) is 1. The standard InChI is InChI=1S/C16H27N3O4S/c1-4-5-6-7-8-9-10-11-23-13-12(15(20)21)14(24-18-13)17-16(22)19(2)3/h4-11H2,1-3H3,(H,17,22)(H,20,21). The van der Waals surface area contributed by atoms with Crippen LogP contribution in [-0.2, 0) is 0 Å². The molecule has 0 bridgehead atoms. The van der Waals surface area contributed by atoms with E-state index in [0.717, 1.165) is 30.8 Å². The lowest BCUT2D eigenvalue weighted by Crippen LogP contribution is -2.27. The van der Waals surface area contributed by atoms with Gasteiger partial charge in [0.1, 0.15) is 5.00 Å². The lowest BCUT2D eigenvalue weighted by molar-refractivity contribution is 0.0693. The average molecular weight is 357 g/mol. The van der Waals surface area contributed by atoms with Crippen LogP contribution in [0.3, 0.4) is 0 Å². The van der Waals surface area contributed by atoms with E-state index in [9.17, 15) is 14.7 Å². The number of carbonyl (C=O) groups is 2. The van der Waals surface area contributed by atoms with Gasteiger partial charge in [-0.15, -0.1) is 0 Å². The van der Waals surface area contributed by atoms with E-state index < -0.39 is 12.0 Å². The van der Waals surface area contributed by atoms with Crippen LogP contribution in [0, 0.1) is 0 Å². The highest BCUT2D eigenvalue weighted by atomic mass is 32.1. The SMILES string of the molecule is CCCCCCCCCOc1nsc(NC(=O)N(C)C)c1C(=O)O. The third-order valence-electron chi connectivity index (χ3n) is 3.49. The van der Waals surface area contributed by atoms with E-state index >= 15 is 0 Å². The first-order valence-corrected chi connectivity index (χ1v) is 9.08. The number of aromatic carboxylic acids is 1. The Kier molecular flexibility index (Phi) is 9.14. The number of unbranched alkanes of at least 4 members (excludes halogenated alkanes) is 6. The van der Waals surface area contributed by atoms with Gasteiger partial charge in [-0.3, -0.25) is 5.32 Å². The minimum Gasteiger partial charge on any atom is -0.477 e. The number of ether oxygens (including phenoxy) is 1. The van der Waals surface area contributed by atoms with Gasteiger partial charge >= 0.3 is 12.0 Å². The number of carbonyl (C=O) groups excluding carboxylic acids is 1. The minimum atomic E-state index is -1.16. The highest BCUT2D eigenvalue weighted by Crippen LogP contribution is 2.31. The molecule has 0 spiro atoms. The average Bonchev–Trinajstić information content (AvgIpc) is 2.92. The quantitative estimate of drug-likeness (QED) is 0.583. The molecule has 1 heterocycles.